The molecule has 6 fully saturated rings. The molecule has 0 spiro atoms. The Labute approximate surface area is 510 Å². The Bertz CT molecular complexity index is 2920. The summed E-state index contributed by atoms with van der Waals surface area (Å²) in [6, 6.07) is -6.40. The van der Waals surface area contributed by atoms with E-state index in [0.717, 1.165) is 20.8 Å². The maximum Gasteiger partial charge on any atom is 0.397 e. The second-order valence-electron chi connectivity index (χ2n) is 20.7. The van der Waals surface area contributed by atoms with Crippen LogP contribution in [0.3, 0.4) is 0 Å². The van der Waals surface area contributed by atoms with E-state index < -0.39 is 271 Å². The summed E-state index contributed by atoms with van der Waals surface area (Å²) in [6.45, 7) is -1.84. The summed E-state index contributed by atoms with van der Waals surface area (Å²) in [4.78, 5) is 75.9. The maximum atomic E-state index is 13.1. The Morgan fingerprint density at radius 1 is 0.341 bits per heavy atom. The van der Waals surface area contributed by atoms with Gasteiger partial charge in [0.2, 0.25) is 17.7 Å². The number of rotatable bonds is 25. The first kappa shape index (κ1) is 75.6. The third-order valence-corrected chi connectivity index (χ3v) is 15.4. The molecule has 30 atom stereocenters. The van der Waals surface area contributed by atoms with Gasteiger partial charge in [-0.25, -0.2) is 26.9 Å². The minimum absolute atomic E-state index is 0.755. The minimum Gasteiger partial charge on any atom is -0.479 e. The number of amides is 3. The number of carbonyl (C=O) groups excluding carboxylic acids is 3. The fourth-order valence-corrected chi connectivity index (χ4v) is 11.0. The van der Waals surface area contributed by atoms with Gasteiger partial charge in [-0.3, -0.25) is 28.0 Å². The van der Waals surface area contributed by atoms with Crippen LogP contribution in [0, 0.1) is 0 Å². The van der Waals surface area contributed by atoms with Crippen molar-refractivity contribution < 1.29 is 204 Å². The van der Waals surface area contributed by atoms with Gasteiger partial charge in [0.05, 0.1) is 19.8 Å². The molecule has 6 aliphatic heterocycles. The molecule has 49 heteroatoms. The number of aliphatic hydroxyl groups is 11. The lowest BCUT2D eigenvalue weighted by Gasteiger charge is -2.50. The van der Waals surface area contributed by atoms with Crippen LogP contribution < -0.4 is 16.0 Å². The normalized spacial score (nSPS) is 42.6. The van der Waals surface area contributed by atoms with Crippen molar-refractivity contribution in [2.24, 2.45) is 0 Å². The van der Waals surface area contributed by atoms with Gasteiger partial charge in [0.25, 0.3) is 0 Å². The molecule has 0 unspecified atom stereocenters. The quantitative estimate of drug-likeness (QED) is 0.0377. The van der Waals surface area contributed by atoms with Crippen LogP contribution in [0.25, 0.3) is 0 Å². The molecule has 0 aromatic heterocycles. The lowest BCUT2D eigenvalue weighted by atomic mass is 9.93. The standard InChI is InChI=1S/C42H65N3O43S3/c1-7(46)43-13-19(52)16(49)10(4-75-89(66,67)68)78-38(13)84-29-21(54)24(57)41(87-32(29)35(61)62)83-27-15(45-9(3)48)40(80-12(18(27)51)6-77-91(72,73)74)86-30-22(55)25(58)42(88-33(30)36(63)64)82-26-14(44-8(2)47)39(79-11(17(26)50)5-76-90(69,70)71)85-28-20(53)23(56)37(65)81-31(28)34(59)60/h10-33,37-42,49-58,65H,4-6H2,1-3H3,(H,43,46)(H,44,47)(H,45,48)(H,59,60)(H,61,62)(H,63,64)(H,66,67,68)(H,69,70,71)(H,72,73,74)/t10-,11-,12-,13-,14-,15-,16-,17-,18-,19-,20-,21+,22-,23-,24-,25-,26-,27-,28+,29+,30+,31+,32+,33+,37-,38+,39+,40+,41-,42-/m1/s1. The first-order valence-corrected chi connectivity index (χ1v) is 30.1. The van der Waals surface area contributed by atoms with E-state index in [1.54, 1.807) is 0 Å². The lowest BCUT2D eigenvalue weighted by Crippen LogP contribution is -2.71. The van der Waals surface area contributed by atoms with Crippen molar-refractivity contribution >= 4 is 66.8 Å². The lowest BCUT2D eigenvalue weighted by molar-refractivity contribution is -0.376. The number of hydrogen-bond acceptors (Lipinski definition) is 37. The van der Waals surface area contributed by atoms with Crippen LogP contribution in [0.15, 0.2) is 0 Å². The molecular formula is C42H65N3O43S3. The summed E-state index contributed by atoms with van der Waals surface area (Å²) in [7, 11) is -16.3. The van der Waals surface area contributed by atoms with Crippen LogP contribution in [0.5, 0.6) is 0 Å². The summed E-state index contributed by atoms with van der Waals surface area (Å²) in [5, 5.41) is 159. The number of aliphatic carboxylic acids is 3. The largest absolute Gasteiger partial charge is 0.479 e. The van der Waals surface area contributed by atoms with E-state index in [2.05, 4.69) is 28.5 Å². The van der Waals surface area contributed by atoms with Crippen molar-refractivity contribution in [2.75, 3.05) is 19.8 Å². The first-order chi connectivity index (χ1) is 42.0. The number of nitrogens with one attached hydrogen (secondary N) is 3. The second-order valence-corrected chi connectivity index (χ2v) is 23.9. The molecule has 0 radical (unpaired) electrons. The molecule has 0 aliphatic carbocycles. The number of ether oxygens (including phenoxy) is 11. The van der Waals surface area contributed by atoms with E-state index >= 15 is 0 Å². The van der Waals surface area contributed by atoms with Crippen molar-refractivity contribution in [3.8, 4) is 0 Å². The minimum atomic E-state index is -5.53. The molecule has 46 nitrogen and oxygen atoms in total. The molecule has 6 saturated heterocycles. The number of carboxylic acids is 3. The Kier molecular flexibility index (Phi) is 25.3. The maximum absolute atomic E-state index is 13.1. The third-order valence-electron chi connectivity index (χ3n) is 14.1. The third kappa shape index (κ3) is 18.9. The molecule has 0 aromatic rings. The van der Waals surface area contributed by atoms with Gasteiger partial charge in [-0.05, 0) is 0 Å². The highest BCUT2D eigenvalue weighted by Crippen LogP contribution is 2.38. The Balaban J connectivity index is 1.32. The zero-order valence-corrected chi connectivity index (χ0v) is 48.8. The molecule has 0 saturated carbocycles. The predicted molar refractivity (Wildman–Crippen MR) is 267 cm³/mol. The molecule has 6 rings (SSSR count). The molecule has 6 aliphatic rings. The van der Waals surface area contributed by atoms with Gasteiger partial charge >= 0.3 is 49.1 Å². The monoisotopic (exact) mass is 1400 g/mol. The summed E-state index contributed by atoms with van der Waals surface area (Å²) in [5.74, 6) is -9.58. The average Bonchev–Trinajstić information content (AvgIpc) is 0.782. The van der Waals surface area contributed by atoms with Crippen molar-refractivity contribution in [3.05, 3.63) is 0 Å². The highest BCUT2D eigenvalue weighted by atomic mass is 32.3. The predicted octanol–water partition coefficient (Wildman–Crippen LogP) is -13.9. The van der Waals surface area contributed by atoms with Crippen LogP contribution in [0.2, 0.25) is 0 Å². The molecular weight excluding hydrogens is 1330 g/mol. The summed E-state index contributed by atoms with van der Waals surface area (Å²) >= 11 is 0. The van der Waals surface area contributed by atoms with Crippen LogP contribution in [-0.4, -0.2) is 350 Å². The molecule has 524 valence electrons. The fraction of sp³-hybridized carbons (Fsp3) is 0.857. The number of carboxylic acid groups (broad SMARTS) is 3. The van der Waals surface area contributed by atoms with Crippen molar-refractivity contribution in [1.82, 2.24) is 16.0 Å². The van der Waals surface area contributed by atoms with E-state index in [0.29, 0.717) is 0 Å². The van der Waals surface area contributed by atoms with E-state index in [-0.39, 0.29) is 0 Å². The van der Waals surface area contributed by atoms with Gasteiger partial charge in [0, 0.05) is 20.8 Å². The van der Waals surface area contributed by atoms with Crippen molar-refractivity contribution in [3.63, 3.8) is 0 Å². The number of carbonyl (C=O) groups is 6. The zero-order chi connectivity index (χ0) is 68.4. The fourth-order valence-electron chi connectivity index (χ4n) is 10.0. The van der Waals surface area contributed by atoms with Crippen LogP contribution in [0.4, 0.5) is 0 Å². The van der Waals surface area contributed by atoms with E-state index in [4.69, 9.17) is 56.7 Å². The Morgan fingerprint density at radius 2 is 0.615 bits per heavy atom. The molecule has 20 N–H and O–H groups in total. The summed E-state index contributed by atoms with van der Waals surface area (Å²) < 4.78 is 171. The summed E-state index contributed by atoms with van der Waals surface area (Å²) in [5.41, 5.74) is 0. The SMILES string of the molecule is CC(=O)N[C@H]1[C@H](O[C@H]2[C@@H](O)[C@@H](O)[C@H](O[C@H]3[C@H](O)[C@@H](COS(=O)(=O)O)O[C@@H](O[C@H]4[C@H](O)[C@@H](O)[C@H](O[C@H]5[C@H](O)[C@@H](COS(=O)(=O)O)O[C@@H](O[C@H]6[C@H](O)[C@@H](O)[C@H](O)O[C@@H]6C(=O)O)[C@@H]5NC(C)=O)O[C@@H]4C(=O)O)[C@@H]3NC(C)=O)O[C@@H]2C(=O)O)O[C@H](COS(=O)(=O)O)[C@@H](O)[C@@H]1O. The van der Waals surface area contributed by atoms with Crippen molar-refractivity contribution in [1.29, 1.82) is 0 Å². The van der Waals surface area contributed by atoms with Gasteiger partial charge in [-0.15, -0.1) is 0 Å². The second kappa shape index (κ2) is 30.5. The summed E-state index contributed by atoms with van der Waals surface area (Å²) in [6.07, 6.45) is -66.6. The Morgan fingerprint density at radius 3 is 0.923 bits per heavy atom. The topological polar surface area (TPSA) is 714 Å². The van der Waals surface area contributed by atoms with Gasteiger partial charge in [-0.1, -0.05) is 0 Å². The van der Waals surface area contributed by atoms with Gasteiger partial charge < -0.3 is 140 Å². The zero-order valence-electron chi connectivity index (χ0n) is 46.4. The molecule has 91 heavy (non-hydrogen) atoms. The number of aliphatic hydroxyl groups excluding tert-OH is 11. The molecule has 6 heterocycles. The van der Waals surface area contributed by atoms with E-state index in [1.807, 2.05) is 0 Å². The molecule has 0 bridgehead atoms. The van der Waals surface area contributed by atoms with Gasteiger partial charge in [0.1, 0.15) is 128 Å². The van der Waals surface area contributed by atoms with E-state index in [1.165, 1.54) is 0 Å². The number of hydrogen-bond donors (Lipinski definition) is 20. The van der Waals surface area contributed by atoms with Gasteiger partial charge in [0.15, 0.2) is 56.1 Å². The molecule has 0 aromatic carbocycles. The first-order valence-electron chi connectivity index (χ1n) is 26.0. The van der Waals surface area contributed by atoms with Crippen LogP contribution in [-0.2, 0) is 125 Å². The van der Waals surface area contributed by atoms with Crippen LogP contribution in [0.1, 0.15) is 20.8 Å². The molecule has 3 amide bonds. The van der Waals surface area contributed by atoms with Crippen LogP contribution >= 0.6 is 0 Å². The van der Waals surface area contributed by atoms with Gasteiger partial charge in [-0.2, -0.15) is 25.3 Å². The highest BCUT2D eigenvalue weighted by Gasteiger charge is 2.60. The smallest absolute Gasteiger partial charge is 0.397 e. The van der Waals surface area contributed by atoms with E-state index in [9.17, 15) is 135 Å². The van der Waals surface area contributed by atoms with Crippen molar-refractivity contribution in [2.45, 2.75) is 205 Å². The average molecular weight is 1400 g/mol. The Hall–Kier alpha value is -4.45. The highest BCUT2D eigenvalue weighted by molar-refractivity contribution is 7.81.